The molecular weight excluding hydrogens is 353 g/mol. The molecule has 0 saturated carbocycles. The van der Waals surface area contributed by atoms with E-state index >= 15 is 0 Å². The molecule has 2 aromatic carbocycles. The van der Waals surface area contributed by atoms with Crippen LogP contribution in [0.4, 0.5) is 4.39 Å². The van der Waals surface area contributed by atoms with Gasteiger partial charge >= 0.3 is 5.97 Å². The van der Waals surface area contributed by atoms with Gasteiger partial charge in [0.25, 0.3) is 5.91 Å². The Morgan fingerprint density at radius 1 is 1.19 bits per heavy atom. The number of aryl methyl sites for hydroxylation is 1. The highest BCUT2D eigenvalue weighted by molar-refractivity contribution is 5.89. The summed E-state index contributed by atoms with van der Waals surface area (Å²) in [5.41, 5.74) is 1.90. The molecule has 0 aromatic heterocycles. The summed E-state index contributed by atoms with van der Waals surface area (Å²) in [6.45, 7) is 1.57. The first-order valence-electron chi connectivity index (χ1n) is 8.27. The van der Waals surface area contributed by atoms with Gasteiger partial charge in [0, 0.05) is 12.6 Å². The van der Waals surface area contributed by atoms with Crippen molar-refractivity contribution in [2.45, 2.75) is 13.5 Å². The molecule has 140 valence electrons. The van der Waals surface area contributed by atoms with Crippen LogP contribution in [0.5, 0.6) is 11.5 Å². The summed E-state index contributed by atoms with van der Waals surface area (Å²) in [4.78, 5) is 23.5. The lowest BCUT2D eigenvalue weighted by Gasteiger charge is -2.06. The molecule has 0 atom stereocenters. The fourth-order valence-corrected chi connectivity index (χ4v) is 2.36. The number of benzene rings is 2. The van der Waals surface area contributed by atoms with E-state index in [-0.39, 0.29) is 19.2 Å². The number of rotatable bonds is 6. The summed E-state index contributed by atoms with van der Waals surface area (Å²) in [6, 6.07) is 9.96. The fourth-order valence-electron chi connectivity index (χ4n) is 2.36. The Hall–Kier alpha value is -3.35. The van der Waals surface area contributed by atoms with Gasteiger partial charge in [-0.2, -0.15) is 0 Å². The number of ether oxygens (including phenoxy) is 3. The van der Waals surface area contributed by atoms with Crippen molar-refractivity contribution >= 4 is 18.0 Å². The minimum absolute atomic E-state index is 0.153. The number of carbonyl (C=O) groups is 2. The van der Waals surface area contributed by atoms with Crippen LogP contribution in [0.2, 0.25) is 0 Å². The van der Waals surface area contributed by atoms with Crippen LogP contribution < -0.4 is 14.8 Å². The molecule has 0 saturated heterocycles. The molecule has 1 N–H and O–H groups in total. The number of hydrogen-bond acceptors (Lipinski definition) is 5. The van der Waals surface area contributed by atoms with Crippen LogP contribution in [-0.4, -0.2) is 25.3 Å². The van der Waals surface area contributed by atoms with Crippen LogP contribution in [0.3, 0.4) is 0 Å². The predicted molar refractivity (Wildman–Crippen MR) is 95.5 cm³/mol. The van der Waals surface area contributed by atoms with Gasteiger partial charge in [0.2, 0.25) is 6.79 Å². The van der Waals surface area contributed by atoms with Gasteiger partial charge in [-0.3, -0.25) is 4.79 Å². The summed E-state index contributed by atoms with van der Waals surface area (Å²) in [6.07, 6.45) is 2.78. The van der Waals surface area contributed by atoms with Gasteiger partial charge < -0.3 is 19.5 Å². The van der Waals surface area contributed by atoms with Gasteiger partial charge in [-0.1, -0.05) is 18.2 Å². The molecule has 0 fully saturated rings. The van der Waals surface area contributed by atoms with Crippen molar-refractivity contribution in [3.63, 3.8) is 0 Å². The molecule has 1 amide bonds. The minimum Gasteiger partial charge on any atom is -0.454 e. The van der Waals surface area contributed by atoms with E-state index in [2.05, 4.69) is 5.32 Å². The van der Waals surface area contributed by atoms with Crippen LogP contribution in [0.25, 0.3) is 6.08 Å². The summed E-state index contributed by atoms with van der Waals surface area (Å²) in [5, 5.41) is 2.57. The summed E-state index contributed by atoms with van der Waals surface area (Å²) >= 11 is 0. The van der Waals surface area contributed by atoms with Gasteiger partial charge in [-0.05, 0) is 47.9 Å². The third kappa shape index (κ3) is 5.07. The van der Waals surface area contributed by atoms with E-state index in [1.807, 2.05) is 0 Å². The number of carbonyl (C=O) groups excluding carboxylic acids is 2. The van der Waals surface area contributed by atoms with Gasteiger partial charge in [0.05, 0.1) is 0 Å². The van der Waals surface area contributed by atoms with E-state index in [4.69, 9.17) is 14.2 Å². The summed E-state index contributed by atoms with van der Waals surface area (Å²) in [7, 11) is 0. The Balaban J connectivity index is 1.43. The van der Waals surface area contributed by atoms with E-state index in [1.165, 1.54) is 12.1 Å². The zero-order valence-corrected chi connectivity index (χ0v) is 14.7. The second kappa shape index (κ2) is 8.35. The topological polar surface area (TPSA) is 73.9 Å². The molecule has 7 heteroatoms. The Labute approximate surface area is 155 Å². The van der Waals surface area contributed by atoms with E-state index in [0.717, 1.165) is 5.56 Å². The first kappa shape index (κ1) is 18.4. The zero-order chi connectivity index (χ0) is 19.2. The molecule has 0 bridgehead atoms. The van der Waals surface area contributed by atoms with E-state index in [0.29, 0.717) is 22.6 Å². The monoisotopic (exact) mass is 371 g/mol. The summed E-state index contributed by atoms with van der Waals surface area (Å²) in [5.74, 6) is -0.191. The fraction of sp³-hybridized carbons (Fsp3) is 0.200. The highest BCUT2D eigenvalue weighted by Crippen LogP contribution is 2.32. The number of esters is 1. The van der Waals surface area contributed by atoms with Crippen LogP contribution in [-0.2, 0) is 20.9 Å². The van der Waals surface area contributed by atoms with Crippen LogP contribution in [0.15, 0.2) is 42.5 Å². The third-order valence-corrected chi connectivity index (χ3v) is 3.88. The quantitative estimate of drug-likeness (QED) is 0.624. The number of nitrogens with one attached hydrogen (secondary N) is 1. The molecule has 0 radical (unpaired) electrons. The second-order valence-electron chi connectivity index (χ2n) is 5.91. The summed E-state index contributed by atoms with van der Waals surface area (Å²) < 4.78 is 28.8. The van der Waals surface area contributed by atoms with Gasteiger partial charge in [-0.25, -0.2) is 9.18 Å². The van der Waals surface area contributed by atoms with E-state index in [1.54, 1.807) is 43.3 Å². The first-order valence-corrected chi connectivity index (χ1v) is 8.27. The first-order chi connectivity index (χ1) is 13.0. The van der Waals surface area contributed by atoms with Gasteiger partial charge in [-0.15, -0.1) is 0 Å². The molecule has 27 heavy (non-hydrogen) atoms. The van der Waals surface area contributed by atoms with Crippen LogP contribution in [0, 0.1) is 12.7 Å². The molecule has 0 aliphatic carbocycles. The van der Waals surface area contributed by atoms with Crippen LogP contribution in [0.1, 0.15) is 16.7 Å². The van der Waals surface area contributed by atoms with Crippen molar-refractivity contribution in [1.82, 2.24) is 5.32 Å². The lowest BCUT2D eigenvalue weighted by atomic mass is 10.1. The SMILES string of the molecule is Cc1ccc(CNC(=O)COC(=O)/C=C/c2ccc3c(c2)OCO3)cc1F. The van der Waals surface area contributed by atoms with E-state index < -0.39 is 18.5 Å². The molecule has 1 aliphatic rings. The molecule has 0 spiro atoms. The number of halogens is 1. The molecule has 2 aromatic rings. The number of fused-ring (bicyclic) bond motifs is 1. The number of hydrogen-bond donors (Lipinski definition) is 1. The molecular formula is C20H18FNO5. The third-order valence-electron chi connectivity index (χ3n) is 3.88. The van der Waals surface area contributed by atoms with Crippen molar-refractivity contribution in [1.29, 1.82) is 0 Å². The predicted octanol–water partition coefficient (Wildman–Crippen LogP) is 2.74. The highest BCUT2D eigenvalue weighted by Gasteiger charge is 2.12. The average Bonchev–Trinajstić information content (AvgIpc) is 3.13. The molecule has 1 aliphatic heterocycles. The Morgan fingerprint density at radius 3 is 2.81 bits per heavy atom. The lowest BCUT2D eigenvalue weighted by Crippen LogP contribution is -2.28. The van der Waals surface area contributed by atoms with Crippen molar-refractivity contribution in [2.75, 3.05) is 13.4 Å². The minimum atomic E-state index is -0.649. The normalized spacial score (nSPS) is 12.2. The number of amides is 1. The highest BCUT2D eigenvalue weighted by atomic mass is 19.1. The Morgan fingerprint density at radius 2 is 2.00 bits per heavy atom. The largest absolute Gasteiger partial charge is 0.454 e. The smallest absolute Gasteiger partial charge is 0.331 e. The van der Waals surface area contributed by atoms with Gasteiger partial charge in [0.1, 0.15) is 5.82 Å². The maximum atomic E-state index is 13.5. The molecule has 1 heterocycles. The van der Waals surface area contributed by atoms with E-state index in [9.17, 15) is 14.0 Å². The Kier molecular flexibility index (Phi) is 5.71. The maximum Gasteiger partial charge on any atom is 0.331 e. The average molecular weight is 371 g/mol. The molecule has 3 rings (SSSR count). The molecule has 6 nitrogen and oxygen atoms in total. The maximum absolute atomic E-state index is 13.5. The zero-order valence-electron chi connectivity index (χ0n) is 14.7. The standard InChI is InChI=1S/C20H18FNO5/c1-13-2-3-15(8-16(13)21)10-22-19(23)11-25-20(24)7-5-14-4-6-17-18(9-14)27-12-26-17/h2-9H,10-12H2,1H3,(H,22,23)/b7-5+. The van der Waals surface area contributed by atoms with Crippen molar-refractivity contribution in [3.8, 4) is 11.5 Å². The van der Waals surface area contributed by atoms with Crippen molar-refractivity contribution in [2.24, 2.45) is 0 Å². The van der Waals surface area contributed by atoms with Crippen molar-refractivity contribution in [3.05, 3.63) is 65.0 Å². The lowest BCUT2D eigenvalue weighted by molar-refractivity contribution is -0.143. The van der Waals surface area contributed by atoms with Crippen LogP contribution >= 0.6 is 0 Å². The Bertz CT molecular complexity index is 894. The van der Waals surface area contributed by atoms with Gasteiger partial charge in [0.15, 0.2) is 18.1 Å². The van der Waals surface area contributed by atoms with Crippen molar-refractivity contribution < 1.29 is 28.2 Å². The second-order valence-corrected chi connectivity index (χ2v) is 5.91. The molecule has 0 unspecified atom stereocenters.